The predicted octanol–water partition coefficient (Wildman–Crippen LogP) is 3.89. The summed E-state index contributed by atoms with van der Waals surface area (Å²) in [7, 11) is -4.08. The molecule has 3 aromatic rings. The number of carbonyl (C=O) groups excluding carboxylic acids is 3. The summed E-state index contributed by atoms with van der Waals surface area (Å²) in [6, 6.07) is 11.5. The quantitative estimate of drug-likeness (QED) is 0.188. The number of halogens is 4. The van der Waals surface area contributed by atoms with Crippen molar-refractivity contribution in [3.8, 4) is 0 Å². The van der Waals surface area contributed by atoms with Gasteiger partial charge in [-0.3, -0.25) is 4.79 Å². The van der Waals surface area contributed by atoms with Crippen molar-refractivity contribution < 1.29 is 40.4 Å². The van der Waals surface area contributed by atoms with Gasteiger partial charge < -0.3 is 21.3 Å². The summed E-state index contributed by atoms with van der Waals surface area (Å²) in [5.41, 5.74) is -0.0935. The SMILES string of the molecule is Cc1cccc(S(=O)(=O)NC(=O)NCCNC(=O)c2ccc(NC(=O)NCc3ccc(C(F)(F)F)cc3)c(F)c2)c1. The zero-order chi connectivity index (χ0) is 30.2. The van der Waals surface area contributed by atoms with Gasteiger partial charge in [0.1, 0.15) is 5.82 Å². The highest BCUT2D eigenvalue weighted by Gasteiger charge is 2.29. The van der Waals surface area contributed by atoms with Crippen LogP contribution < -0.4 is 26.0 Å². The molecule has 0 aliphatic rings. The average Bonchev–Trinajstić information content (AvgIpc) is 2.90. The lowest BCUT2D eigenvalue weighted by molar-refractivity contribution is -0.137. The number of carbonyl (C=O) groups is 3. The van der Waals surface area contributed by atoms with Crippen molar-refractivity contribution in [1.82, 2.24) is 20.7 Å². The summed E-state index contributed by atoms with van der Waals surface area (Å²) in [6.07, 6.45) is -4.48. The Morgan fingerprint density at radius 1 is 0.829 bits per heavy atom. The number of sulfonamides is 1. The summed E-state index contributed by atoms with van der Waals surface area (Å²) < 4.78 is 78.7. The first kappa shape index (κ1) is 30.9. The normalized spacial score (nSPS) is 11.3. The fourth-order valence-corrected chi connectivity index (χ4v) is 4.40. The van der Waals surface area contributed by atoms with Crippen LogP contribution in [0.15, 0.2) is 71.6 Å². The molecule has 0 aliphatic carbocycles. The van der Waals surface area contributed by atoms with Gasteiger partial charge in [0.05, 0.1) is 16.1 Å². The van der Waals surface area contributed by atoms with Gasteiger partial charge >= 0.3 is 18.2 Å². The largest absolute Gasteiger partial charge is 0.416 e. The van der Waals surface area contributed by atoms with Crippen LogP contribution in [0, 0.1) is 12.7 Å². The maximum absolute atomic E-state index is 14.5. The minimum atomic E-state index is -4.48. The third kappa shape index (κ3) is 9.20. The van der Waals surface area contributed by atoms with Crippen LogP contribution in [0.5, 0.6) is 0 Å². The molecule has 5 amide bonds. The van der Waals surface area contributed by atoms with Crippen molar-refractivity contribution in [2.75, 3.05) is 18.4 Å². The zero-order valence-corrected chi connectivity index (χ0v) is 22.3. The molecule has 0 radical (unpaired) electrons. The second-order valence-corrected chi connectivity index (χ2v) is 10.3. The Hall–Kier alpha value is -4.66. The van der Waals surface area contributed by atoms with Crippen LogP contribution in [0.1, 0.15) is 27.0 Å². The molecule has 10 nitrogen and oxygen atoms in total. The van der Waals surface area contributed by atoms with Gasteiger partial charge in [-0.1, -0.05) is 24.3 Å². The van der Waals surface area contributed by atoms with Gasteiger partial charge in [0.15, 0.2) is 0 Å². The third-order valence-corrected chi connectivity index (χ3v) is 6.77. The number of benzene rings is 3. The Kier molecular flexibility index (Phi) is 9.89. The molecule has 0 saturated carbocycles. The Balaban J connectivity index is 1.42. The summed E-state index contributed by atoms with van der Waals surface area (Å²) in [5, 5.41) is 9.34. The van der Waals surface area contributed by atoms with Gasteiger partial charge in [-0.15, -0.1) is 0 Å². The van der Waals surface area contributed by atoms with E-state index < -0.39 is 45.5 Å². The van der Waals surface area contributed by atoms with E-state index in [4.69, 9.17) is 0 Å². The van der Waals surface area contributed by atoms with Crippen molar-refractivity contribution in [1.29, 1.82) is 0 Å². The molecular weight excluding hydrogens is 570 g/mol. The highest BCUT2D eigenvalue weighted by Crippen LogP contribution is 2.29. The number of alkyl halides is 3. The molecule has 0 fully saturated rings. The Morgan fingerprint density at radius 2 is 1.51 bits per heavy atom. The average molecular weight is 596 g/mol. The molecule has 3 rings (SSSR count). The number of urea groups is 2. The van der Waals surface area contributed by atoms with Crippen LogP contribution in [0.3, 0.4) is 0 Å². The first-order chi connectivity index (χ1) is 19.2. The molecule has 0 bridgehead atoms. The van der Waals surface area contributed by atoms with Crippen molar-refractivity contribution in [2.24, 2.45) is 0 Å². The van der Waals surface area contributed by atoms with Crippen LogP contribution in [0.4, 0.5) is 32.8 Å². The monoisotopic (exact) mass is 595 g/mol. The summed E-state index contributed by atoms with van der Waals surface area (Å²) in [6.45, 7) is 1.34. The number of anilines is 1. The highest BCUT2D eigenvalue weighted by molar-refractivity contribution is 7.90. The number of hydrogen-bond acceptors (Lipinski definition) is 5. The van der Waals surface area contributed by atoms with E-state index in [-0.39, 0.29) is 35.8 Å². The van der Waals surface area contributed by atoms with E-state index in [1.54, 1.807) is 13.0 Å². The van der Waals surface area contributed by atoms with Gasteiger partial charge in [0.25, 0.3) is 15.9 Å². The molecule has 15 heteroatoms. The number of nitrogens with one attached hydrogen (secondary N) is 5. The molecule has 0 aliphatic heterocycles. The van der Waals surface area contributed by atoms with E-state index in [0.29, 0.717) is 11.1 Å². The number of amides is 5. The van der Waals surface area contributed by atoms with Crippen LogP contribution >= 0.6 is 0 Å². The second-order valence-electron chi connectivity index (χ2n) is 8.63. The van der Waals surface area contributed by atoms with Gasteiger partial charge in [0, 0.05) is 25.2 Å². The number of aryl methyl sites for hydroxylation is 1. The van der Waals surface area contributed by atoms with E-state index in [1.165, 1.54) is 36.4 Å². The van der Waals surface area contributed by atoms with Gasteiger partial charge in [-0.05, 0) is 60.5 Å². The van der Waals surface area contributed by atoms with E-state index in [0.717, 1.165) is 24.3 Å². The van der Waals surface area contributed by atoms with E-state index in [9.17, 15) is 40.4 Å². The van der Waals surface area contributed by atoms with Crippen LogP contribution in [-0.4, -0.2) is 39.5 Å². The Bertz CT molecular complexity index is 1530. The van der Waals surface area contributed by atoms with Gasteiger partial charge in [0.2, 0.25) is 0 Å². The van der Waals surface area contributed by atoms with Crippen LogP contribution in [0.25, 0.3) is 0 Å². The fourth-order valence-electron chi connectivity index (χ4n) is 3.37. The first-order valence-electron chi connectivity index (χ1n) is 11.9. The minimum absolute atomic E-state index is 0.0856. The van der Waals surface area contributed by atoms with Crippen molar-refractivity contribution in [3.63, 3.8) is 0 Å². The molecule has 0 atom stereocenters. The summed E-state index contributed by atoms with van der Waals surface area (Å²) in [5.74, 6) is -1.63. The van der Waals surface area contributed by atoms with Crippen molar-refractivity contribution in [3.05, 3.63) is 94.8 Å². The molecule has 5 N–H and O–H groups in total. The Morgan fingerprint density at radius 3 is 2.15 bits per heavy atom. The van der Waals surface area contributed by atoms with Crippen molar-refractivity contribution >= 4 is 33.7 Å². The number of hydrogen-bond donors (Lipinski definition) is 5. The zero-order valence-electron chi connectivity index (χ0n) is 21.4. The molecule has 0 spiro atoms. The van der Waals surface area contributed by atoms with Crippen LogP contribution in [-0.2, 0) is 22.7 Å². The van der Waals surface area contributed by atoms with Crippen LogP contribution in [0.2, 0.25) is 0 Å². The smallest absolute Gasteiger partial charge is 0.350 e. The predicted molar refractivity (Wildman–Crippen MR) is 141 cm³/mol. The molecule has 41 heavy (non-hydrogen) atoms. The second kappa shape index (κ2) is 13.1. The van der Waals surface area contributed by atoms with Crippen molar-refractivity contribution in [2.45, 2.75) is 24.5 Å². The lowest BCUT2D eigenvalue weighted by Crippen LogP contribution is -2.42. The van der Waals surface area contributed by atoms with Gasteiger partial charge in [-0.25, -0.2) is 27.1 Å². The Labute approximate surface area is 232 Å². The lowest BCUT2D eigenvalue weighted by atomic mass is 10.1. The molecule has 3 aromatic carbocycles. The lowest BCUT2D eigenvalue weighted by Gasteiger charge is -2.11. The summed E-state index contributed by atoms with van der Waals surface area (Å²) >= 11 is 0. The summed E-state index contributed by atoms with van der Waals surface area (Å²) in [4.78, 5) is 36.2. The van der Waals surface area contributed by atoms with Gasteiger partial charge in [-0.2, -0.15) is 13.2 Å². The molecule has 0 saturated heterocycles. The highest BCUT2D eigenvalue weighted by atomic mass is 32.2. The fraction of sp³-hybridized carbons (Fsp3) is 0.192. The molecular formula is C26H25F4N5O5S. The molecule has 0 unspecified atom stereocenters. The van der Waals surface area contributed by atoms with E-state index in [2.05, 4.69) is 21.3 Å². The maximum atomic E-state index is 14.5. The first-order valence-corrected chi connectivity index (χ1v) is 13.4. The topological polar surface area (TPSA) is 146 Å². The van der Waals surface area contributed by atoms with E-state index in [1.807, 2.05) is 4.72 Å². The molecule has 218 valence electrons. The molecule has 0 aromatic heterocycles. The maximum Gasteiger partial charge on any atom is 0.416 e. The standard InChI is InChI=1S/C26H25F4N5O5S/c1-16-3-2-4-20(13-16)41(39,40)35-25(38)32-12-11-31-23(36)18-7-10-22(21(27)14-18)34-24(37)33-15-17-5-8-19(9-6-17)26(28,29)30/h2-10,13-14H,11-12,15H2,1H3,(H,31,36)(H2,32,35,38)(H2,33,34,37). The third-order valence-electron chi connectivity index (χ3n) is 5.44. The molecule has 0 heterocycles. The minimum Gasteiger partial charge on any atom is -0.350 e. The number of rotatable bonds is 9. The van der Waals surface area contributed by atoms with E-state index >= 15 is 0 Å².